The Balaban J connectivity index is 1.85. The summed E-state index contributed by atoms with van der Waals surface area (Å²) in [5.41, 5.74) is 3.00. The number of nitrogens with zero attached hydrogens (tertiary/aromatic N) is 2. The zero-order chi connectivity index (χ0) is 20.5. The number of hydrogen-bond donors (Lipinski definition) is 1. The number of sulfonamides is 1. The second-order valence-corrected chi connectivity index (χ2v) is 9.09. The molecule has 146 valence electrons. The number of ketones is 1. The topological polar surface area (TPSA) is 95.0 Å². The van der Waals surface area contributed by atoms with Gasteiger partial charge in [0.2, 0.25) is 10.0 Å². The van der Waals surface area contributed by atoms with E-state index in [-0.39, 0.29) is 16.4 Å². The van der Waals surface area contributed by atoms with Crippen molar-refractivity contribution >= 4 is 39.2 Å². The van der Waals surface area contributed by atoms with Crippen molar-refractivity contribution in [2.75, 3.05) is 5.75 Å². The van der Waals surface area contributed by atoms with Crippen LogP contribution in [0.25, 0.3) is 5.69 Å². The fourth-order valence-electron chi connectivity index (χ4n) is 2.92. The van der Waals surface area contributed by atoms with E-state index < -0.39 is 10.0 Å². The number of carbonyl (C=O) groups is 1. The molecule has 0 aliphatic rings. The predicted molar refractivity (Wildman–Crippen MR) is 111 cm³/mol. The van der Waals surface area contributed by atoms with Crippen LogP contribution in [0.5, 0.6) is 0 Å². The summed E-state index contributed by atoms with van der Waals surface area (Å²) >= 11 is 7.38. The molecule has 0 unspecified atom stereocenters. The van der Waals surface area contributed by atoms with E-state index in [1.807, 2.05) is 24.5 Å². The van der Waals surface area contributed by atoms with E-state index in [2.05, 4.69) is 4.98 Å². The lowest BCUT2D eigenvalue weighted by atomic mass is 10.2. The number of aryl methyl sites for hydroxylation is 1. The first-order valence-electron chi connectivity index (χ1n) is 8.27. The Morgan fingerprint density at radius 1 is 1.21 bits per heavy atom. The molecule has 3 rings (SSSR count). The molecule has 2 heterocycles. The molecule has 9 heteroatoms. The zero-order valence-electron chi connectivity index (χ0n) is 15.2. The SMILES string of the molecule is Cc1cc(C(=O)CSc2ncccc2Cl)c(C)n1-c1ccc(S(N)(=O)=O)cc1. The van der Waals surface area contributed by atoms with Gasteiger partial charge in [-0.15, -0.1) is 0 Å². The van der Waals surface area contributed by atoms with E-state index in [1.54, 1.807) is 30.5 Å². The fourth-order valence-corrected chi connectivity index (χ4v) is 4.48. The molecule has 2 aromatic heterocycles. The molecule has 28 heavy (non-hydrogen) atoms. The summed E-state index contributed by atoms with van der Waals surface area (Å²) in [6, 6.07) is 11.5. The summed E-state index contributed by atoms with van der Waals surface area (Å²) in [7, 11) is -3.75. The number of aromatic nitrogens is 2. The average Bonchev–Trinajstić information content (AvgIpc) is 2.94. The Kier molecular flexibility index (Phi) is 5.95. The Morgan fingerprint density at radius 3 is 2.50 bits per heavy atom. The third-order valence-electron chi connectivity index (χ3n) is 4.22. The number of carbonyl (C=O) groups excluding carboxylic acids is 1. The normalized spacial score (nSPS) is 11.6. The second kappa shape index (κ2) is 8.08. The lowest BCUT2D eigenvalue weighted by Gasteiger charge is -2.10. The molecule has 0 amide bonds. The maximum absolute atomic E-state index is 12.7. The summed E-state index contributed by atoms with van der Waals surface area (Å²) in [6.45, 7) is 3.74. The maximum Gasteiger partial charge on any atom is 0.238 e. The van der Waals surface area contributed by atoms with E-state index in [1.165, 1.54) is 23.9 Å². The van der Waals surface area contributed by atoms with Gasteiger partial charge in [0, 0.05) is 28.8 Å². The van der Waals surface area contributed by atoms with Crippen LogP contribution in [0.4, 0.5) is 0 Å². The minimum atomic E-state index is -3.75. The first-order chi connectivity index (χ1) is 13.2. The van der Waals surface area contributed by atoms with Crippen LogP contribution in [-0.2, 0) is 10.0 Å². The van der Waals surface area contributed by atoms with Gasteiger partial charge in [-0.3, -0.25) is 4.79 Å². The first kappa shape index (κ1) is 20.6. The van der Waals surface area contributed by atoms with Crippen molar-refractivity contribution in [2.45, 2.75) is 23.8 Å². The molecule has 0 bridgehead atoms. The van der Waals surface area contributed by atoms with Crippen LogP contribution in [0.15, 0.2) is 58.6 Å². The van der Waals surface area contributed by atoms with Crippen molar-refractivity contribution in [1.29, 1.82) is 0 Å². The van der Waals surface area contributed by atoms with Crippen molar-refractivity contribution in [3.8, 4) is 5.69 Å². The number of halogens is 1. The smallest absolute Gasteiger partial charge is 0.238 e. The number of Topliss-reactive ketones (excluding diaryl/α,β-unsaturated/α-hetero) is 1. The molecule has 0 aliphatic heterocycles. The summed E-state index contributed by atoms with van der Waals surface area (Å²) in [4.78, 5) is 17.0. The molecule has 0 fully saturated rings. The lowest BCUT2D eigenvalue weighted by Crippen LogP contribution is -2.12. The number of nitrogens with two attached hydrogens (primary N) is 1. The number of thioether (sulfide) groups is 1. The standard InChI is InChI=1S/C19H18ClN3O3S2/c1-12-10-16(18(24)11-27-19-17(20)4-3-9-22-19)13(2)23(12)14-5-7-15(8-6-14)28(21,25)26/h3-10H,11H2,1-2H3,(H2,21,25,26). The number of pyridine rings is 1. The molecule has 0 radical (unpaired) electrons. The quantitative estimate of drug-likeness (QED) is 0.469. The van der Waals surface area contributed by atoms with E-state index in [4.69, 9.17) is 16.7 Å². The fraction of sp³-hybridized carbons (Fsp3) is 0.158. The van der Waals surface area contributed by atoms with E-state index >= 15 is 0 Å². The first-order valence-corrected chi connectivity index (χ1v) is 11.2. The molecule has 6 nitrogen and oxygen atoms in total. The molecule has 3 aromatic rings. The van der Waals surface area contributed by atoms with Crippen LogP contribution in [-0.4, -0.2) is 29.5 Å². The van der Waals surface area contributed by atoms with E-state index in [0.717, 1.165) is 17.1 Å². The van der Waals surface area contributed by atoms with Crippen LogP contribution in [0, 0.1) is 13.8 Å². The minimum Gasteiger partial charge on any atom is -0.318 e. The number of hydrogen-bond acceptors (Lipinski definition) is 5. The molecule has 0 aliphatic carbocycles. The van der Waals surface area contributed by atoms with Crippen molar-refractivity contribution < 1.29 is 13.2 Å². The molecule has 0 spiro atoms. The number of primary sulfonamides is 1. The highest BCUT2D eigenvalue weighted by Gasteiger charge is 2.18. The van der Waals surface area contributed by atoms with Crippen LogP contribution >= 0.6 is 23.4 Å². The summed E-state index contributed by atoms with van der Waals surface area (Å²) < 4.78 is 24.8. The van der Waals surface area contributed by atoms with Gasteiger partial charge in [0.15, 0.2) is 5.78 Å². The van der Waals surface area contributed by atoms with E-state index in [9.17, 15) is 13.2 Å². The van der Waals surface area contributed by atoms with Crippen molar-refractivity contribution in [1.82, 2.24) is 9.55 Å². The van der Waals surface area contributed by atoms with Crippen molar-refractivity contribution in [3.05, 3.63) is 70.6 Å². The Hall–Kier alpha value is -2.13. The van der Waals surface area contributed by atoms with Crippen LogP contribution in [0.1, 0.15) is 21.7 Å². The molecule has 1 aromatic carbocycles. The van der Waals surface area contributed by atoms with E-state index in [0.29, 0.717) is 15.6 Å². The summed E-state index contributed by atoms with van der Waals surface area (Å²) in [6.07, 6.45) is 1.63. The van der Waals surface area contributed by atoms with Gasteiger partial charge in [0.1, 0.15) is 5.03 Å². The number of benzene rings is 1. The monoisotopic (exact) mass is 435 g/mol. The summed E-state index contributed by atoms with van der Waals surface area (Å²) in [5, 5.41) is 6.28. The molecule has 2 N–H and O–H groups in total. The molecule has 0 saturated carbocycles. The summed E-state index contributed by atoms with van der Waals surface area (Å²) in [5.74, 6) is 0.179. The van der Waals surface area contributed by atoms with Gasteiger partial charge in [0.25, 0.3) is 0 Å². The highest BCUT2D eigenvalue weighted by atomic mass is 35.5. The third kappa shape index (κ3) is 4.30. The lowest BCUT2D eigenvalue weighted by molar-refractivity contribution is 0.102. The molecular weight excluding hydrogens is 418 g/mol. The third-order valence-corrected chi connectivity index (χ3v) is 6.57. The van der Waals surface area contributed by atoms with Gasteiger partial charge >= 0.3 is 0 Å². The Morgan fingerprint density at radius 2 is 1.89 bits per heavy atom. The Bertz CT molecular complexity index is 1140. The largest absolute Gasteiger partial charge is 0.318 e. The van der Waals surface area contributed by atoms with Gasteiger partial charge in [-0.05, 0) is 56.3 Å². The zero-order valence-corrected chi connectivity index (χ0v) is 17.6. The van der Waals surface area contributed by atoms with Crippen molar-refractivity contribution in [2.24, 2.45) is 5.14 Å². The van der Waals surface area contributed by atoms with Crippen LogP contribution in [0.3, 0.4) is 0 Å². The van der Waals surface area contributed by atoms with Crippen LogP contribution < -0.4 is 5.14 Å². The maximum atomic E-state index is 12.7. The number of rotatable bonds is 6. The van der Waals surface area contributed by atoms with Gasteiger partial charge in [-0.2, -0.15) is 0 Å². The molecule has 0 saturated heterocycles. The predicted octanol–water partition coefficient (Wildman–Crippen LogP) is 3.76. The second-order valence-electron chi connectivity index (χ2n) is 6.16. The van der Waals surface area contributed by atoms with Crippen molar-refractivity contribution in [3.63, 3.8) is 0 Å². The highest BCUT2D eigenvalue weighted by Crippen LogP contribution is 2.27. The Labute approximate surface area is 172 Å². The molecular formula is C19H18ClN3O3S2. The minimum absolute atomic E-state index is 0.0350. The average molecular weight is 436 g/mol. The van der Waals surface area contributed by atoms with Gasteiger partial charge in [-0.25, -0.2) is 18.5 Å². The van der Waals surface area contributed by atoms with Gasteiger partial charge in [0.05, 0.1) is 15.7 Å². The van der Waals surface area contributed by atoms with Crippen LogP contribution in [0.2, 0.25) is 5.02 Å². The van der Waals surface area contributed by atoms with Gasteiger partial charge < -0.3 is 4.57 Å². The highest BCUT2D eigenvalue weighted by molar-refractivity contribution is 8.00. The van der Waals surface area contributed by atoms with Gasteiger partial charge in [-0.1, -0.05) is 23.4 Å². The molecule has 0 atom stereocenters.